The molecule has 1 aromatic heterocycles. The molecule has 38 heavy (non-hydrogen) atoms. The summed E-state index contributed by atoms with van der Waals surface area (Å²) >= 11 is 5.94. The van der Waals surface area contributed by atoms with Crippen molar-refractivity contribution in [2.24, 2.45) is 5.92 Å². The summed E-state index contributed by atoms with van der Waals surface area (Å²) in [5.74, 6) is -0.332. The Kier molecular flexibility index (Phi) is 8.45. The molecule has 1 amide bonds. The number of carboxylic acid groups (broad SMARTS) is 1. The van der Waals surface area contributed by atoms with Crippen molar-refractivity contribution in [2.75, 3.05) is 6.54 Å². The summed E-state index contributed by atoms with van der Waals surface area (Å²) < 4.78 is 12.1. The van der Waals surface area contributed by atoms with E-state index in [1.807, 2.05) is 42.5 Å². The number of benzene rings is 2. The first-order chi connectivity index (χ1) is 18.5. The Hall–Kier alpha value is -3.16. The van der Waals surface area contributed by atoms with Gasteiger partial charge in [0.1, 0.15) is 6.26 Å². The maximum atomic E-state index is 12.7. The van der Waals surface area contributed by atoms with E-state index in [0.717, 1.165) is 54.7 Å². The van der Waals surface area contributed by atoms with E-state index in [-0.39, 0.29) is 36.4 Å². The van der Waals surface area contributed by atoms with E-state index in [0.29, 0.717) is 24.6 Å². The molecule has 5 rings (SSSR count). The molecule has 7 nitrogen and oxygen atoms in total. The number of aromatic nitrogens is 1. The van der Waals surface area contributed by atoms with Crippen molar-refractivity contribution in [3.63, 3.8) is 0 Å². The molecule has 8 heteroatoms. The number of carbonyl (C=O) groups excluding carboxylic acids is 1. The zero-order valence-electron chi connectivity index (χ0n) is 21.3. The first-order valence-electron chi connectivity index (χ1n) is 13.4. The van der Waals surface area contributed by atoms with Crippen LogP contribution < -0.4 is 5.32 Å². The third-order valence-corrected chi connectivity index (χ3v) is 7.99. The van der Waals surface area contributed by atoms with Crippen LogP contribution in [-0.4, -0.2) is 40.7 Å². The molecule has 3 heterocycles. The Morgan fingerprint density at radius 2 is 1.76 bits per heavy atom. The van der Waals surface area contributed by atoms with Gasteiger partial charge >= 0.3 is 5.97 Å². The summed E-state index contributed by atoms with van der Waals surface area (Å²) in [7, 11) is 0. The number of carboxylic acids is 1. The minimum absolute atomic E-state index is 0.0257. The quantitative estimate of drug-likeness (QED) is 0.292. The maximum Gasteiger partial charge on any atom is 0.303 e. The molecule has 4 atom stereocenters. The zero-order valence-corrected chi connectivity index (χ0v) is 22.0. The lowest BCUT2D eigenvalue weighted by atomic mass is 9.75. The summed E-state index contributed by atoms with van der Waals surface area (Å²) in [5, 5.41) is 12.8. The first kappa shape index (κ1) is 26.4. The number of hydrogen-bond donors (Lipinski definition) is 2. The van der Waals surface area contributed by atoms with Gasteiger partial charge in [-0.15, -0.1) is 0 Å². The van der Waals surface area contributed by atoms with Crippen LogP contribution in [0.15, 0.2) is 59.2 Å². The summed E-state index contributed by atoms with van der Waals surface area (Å²) in [4.78, 5) is 28.4. The smallest absolute Gasteiger partial charge is 0.303 e. The van der Waals surface area contributed by atoms with Crippen LogP contribution >= 0.6 is 11.6 Å². The lowest BCUT2D eigenvalue weighted by molar-refractivity contribution is -0.136. The van der Waals surface area contributed by atoms with Gasteiger partial charge in [0, 0.05) is 23.9 Å². The van der Waals surface area contributed by atoms with Gasteiger partial charge in [-0.1, -0.05) is 48.0 Å². The molecule has 2 saturated heterocycles. The minimum atomic E-state index is -0.798. The van der Waals surface area contributed by atoms with Gasteiger partial charge in [0.25, 0.3) is 5.91 Å². The standard InChI is InChI=1S/C30H33ClN2O5/c31-22-11-8-19(9-12-22)5-3-4-16-32-29(36)24-18-37-30(33-24)28-23(25-13-14-26(28)38-25)17-21-7-2-1-6-20(21)10-15-27(34)35/h1-2,6-9,11-12,18,23,25-26,28H,3-5,10,13-17H2,(H,32,36)(H,34,35)/t23-,25+,26-,28+/m1/s1. The predicted molar refractivity (Wildman–Crippen MR) is 143 cm³/mol. The number of fused-ring (bicyclic) bond motifs is 2. The highest BCUT2D eigenvalue weighted by Crippen LogP contribution is 2.50. The van der Waals surface area contributed by atoms with Gasteiger partial charge in [-0.2, -0.15) is 0 Å². The molecule has 0 radical (unpaired) electrons. The van der Waals surface area contributed by atoms with Crippen molar-refractivity contribution >= 4 is 23.5 Å². The average molecular weight is 537 g/mol. The second kappa shape index (κ2) is 12.1. The summed E-state index contributed by atoms with van der Waals surface area (Å²) in [6, 6.07) is 15.9. The zero-order chi connectivity index (χ0) is 26.5. The number of aryl methyl sites for hydroxylation is 2. The van der Waals surface area contributed by atoms with Crippen LogP contribution in [0.4, 0.5) is 0 Å². The number of carbonyl (C=O) groups is 2. The molecule has 2 bridgehead atoms. The molecule has 2 N–H and O–H groups in total. The Bertz CT molecular complexity index is 1260. The van der Waals surface area contributed by atoms with Crippen molar-refractivity contribution < 1.29 is 23.8 Å². The van der Waals surface area contributed by atoms with Gasteiger partial charge in [0.15, 0.2) is 5.69 Å². The Morgan fingerprint density at radius 3 is 2.55 bits per heavy atom. The molecule has 2 aliphatic rings. The van der Waals surface area contributed by atoms with Crippen molar-refractivity contribution in [2.45, 2.75) is 69.5 Å². The lowest BCUT2D eigenvalue weighted by Crippen LogP contribution is -2.28. The highest BCUT2D eigenvalue weighted by molar-refractivity contribution is 6.30. The molecule has 2 fully saturated rings. The third kappa shape index (κ3) is 6.27. The molecular weight excluding hydrogens is 504 g/mol. The fraction of sp³-hybridized carbons (Fsp3) is 0.433. The number of nitrogens with one attached hydrogen (secondary N) is 1. The van der Waals surface area contributed by atoms with E-state index in [9.17, 15) is 9.59 Å². The van der Waals surface area contributed by atoms with Crippen LogP contribution in [0.5, 0.6) is 0 Å². The first-order valence-corrected chi connectivity index (χ1v) is 13.8. The van der Waals surface area contributed by atoms with Crippen molar-refractivity contribution in [3.8, 4) is 0 Å². The predicted octanol–water partition coefficient (Wildman–Crippen LogP) is 5.60. The highest BCUT2D eigenvalue weighted by Gasteiger charge is 2.51. The van der Waals surface area contributed by atoms with Crippen LogP contribution in [0.1, 0.15) is 71.1 Å². The van der Waals surface area contributed by atoms with Crippen LogP contribution in [0.3, 0.4) is 0 Å². The van der Waals surface area contributed by atoms with Gasteiger partial charge in [0.05, 0.1) is 18.1 Å². The van der Waals surface area contributed by atoms with E-state index in [2.05, 4.69) is 16.4 Å². The Morgan fingerprint density at radius 1 is 1.00 bits per heavy atom. The van der Waals surface area contributed by atoms with Crippen LogP contribution in [0.2, 0.25) is 5.02 Å². The average Bonchev–Trinajstić information content (AvgIpc) is 3.66. The molecule has 0 spiro atoms. The number of unbranched alkanes of at least 4 members (excludes halogenated alkanes) is 1. The minimum Gasteiger partial charge on any atom is -0.481 e. The summed E-state index contributed by atoms with van der Waals surface area (Å²) in [6.45, 7) is 0.571. The van der Waals surface area contributed by atoms with Crippen molar-refractivity contribution in [1.82, 2.24) is 10.3 Å². The Labute approximate surface area is 227 Å². The maximum absolute atomic E-state index is 12.7. The van der Waals surface area contributed by atoms with Crippen LogP contribution in [0.25, 0.3) is 0 Å². The molecule has 2 aromatic carbocycles. The largest absolute Gasteiger partial charge is 0.481 e. The number of nitrogens with zero attached hydrogens (tertiary/aromatic N) is 1. The number of oxazole rings is 1. The van der Waals surface area contributed by atoms with Crippen LogP contribution in [0, 0.1) is 5.92 Å². The molecule has 0 saturated carbocycles. The molecule has 0 unspecified atom stereocenters. The number of ether oxygens (including phenoxy) is 1. The molecule has 3 aromatic rings. The van der Waals surface area contributed by atoms with Crippen molar-refractivity contribution in [1.29, 1.82) is 0 Å². The normalized spacial score (nSPS) is 22.0. The molecule has 200 valence electrons. The van der Waals surface area contributed by atoms with E-state index < -0.39 is 5.97 Å². The van der Waals surface area contributed by atoms with E-state index in [4.69, 9.17) is 25.9 Å². The highest BCUT2D eigenvalue weighted by atomic mass is 35.5. The monoisotopic (exact) mass is 536 g/mol. The second-order valence-corrected chi connectivity index (χ2v) is 10.7. The lowest BCUT2D eigenvalue weighted by Gasteiger charge is -2.26. The van der Waals surface area contributed by atoms with Gasteiger partial charge in [-0.05, 0) is 73.8 Å². The summed E-state index contributed by atoms with van der Waals surface area (Å²) in [5.41, 5.74) is 3.72. The van der Waals surface area contributed by atoms with Gasteiger partial charge in [-0.3, -0.25) is 9.59 Å². The SMILES string of the molecule is O=C(O)CCc1ccccc1C[C@H]1[C@H](c2nc(C(=O)NCCCCc3ccc(Cl)cc3)co2)[C@H]2CC[C@@H]1O2. The molecule has 0 aliphatic carbocycles. The topological polar surface area (TPSA) is 102 Å². The molecule has 2 aliphatic heterocycles. The third-order valence-electron chi connectivity index (χ3n) is 7.74. The number of amides is 1. The summed E-state index contributed by atoms with van der Waals surface area (Å²) in [6.07, 6.45) is 7.66. The van der Waals surface area contributed by atoms with E-state index in [1.165, 1.54) is 11.8 Å². The van der Waals surface area contributed by atoms with E-state index >= 15 is 0 Å². The van der Waals surface area contributed by atoms with Gasteiger partial charge in [0.2, 0.25) is 5.89 Å². The van der Waals surface area contributed by atoms with Gasteiger partial charge in [-0.25, -0.2) is 4.98 Å². The fourth-order valence-electron chi connectivity index (χ4n) is 5.81. The van der Waals surface area contributed by atoms with Crippen LogP contribution in [-0.2, 0) is 28.8 Å². The van der Waals surface area contributed by atoms with Gasteiger partial charge < -0.3 is 19.6 Å². The number of halogens is 1. The molecular formula is C30H33ClN2O5. The van der Waals surface area contributed by atoms with E-state index in [1.54, 1.807) is 0 Å². The number of hydrogen-bond acceptors (Lipinski definition) is 5. The number of rotatable bonds is 12. The van der Waals surface area contributed by atoms with Crippen molar-refractivity contribution in [3.05, 3.63) is 88.1 Å². The Balaban J connectivity index is 1.18. The number of aliphatic carboxylic acids is 1. The fourth-order valence-corrected chi connectivity index (χ4v) is 5.94. The second-order valence-electron chi connectivity index (χ2n) is 10.3.